The molecule has 1 heteroatoms. The van der Waals surface area contributed by atoms with Crippen LogP contribution in [0.5, 0.6) is 0 Å². The molecule has 1 nitrogen and oxygen atoms in total. The summed E-state index contributed by atoms with van der Waals surface area (Å²) >= 11 is 0. The van der Waals surface area contributed by atoms with Crippen molar-refractivity contribution in [3.63, 3.8) is 0 Å². The Morgan fingerprint density at radius 1 is 0.700 bits per heavy atom. The summed E-state index contributed by atoms with van der Waals surface area (Å²) in [6, 6.07) is 15.1. The van der Waals surface area contributed by atoms with Gasteiger partial charge in [-0.3, -0.25) is 0 Å². The lowest BCUT2D eigenvalue weighted by Gasteiger charge is -2.01. The van der Waals surface area contributed by atoms with Crippen molar-refractivity contribution in [2.24, 2.45) is 0 Å². The minimum Gasteiger partial charge on any atom is -0.466 e. The molecule has 0 radical (unpaired) electrons. The second kappa shape index (κ2) is 8.63. The smallest absolute Gasteiger partial charge is 0.104 e. The average Bonchev–Trinajstić information content (AvgIpc) is 2.94. The number of furan rings is 1. The van der Waals surface area contributed by atoms with E-state index in [4.69, 9.17) is 4.42 Å². The minimum atomic E-state index is 1.08. The van der Waals surface area contributed by atoms with Gasteiger partial charge in [-0.15, -0.1) is 0 Å². The Labute approximate surface area is 123 Å². The van der Waals surface area contributed by atoms with Crippen LogP contribution < -0.4 is 0 Å². The molecule has 2 rings (SSSR count). The predicted octanol–water partition coefficient (Wildman–Crippen LogP) is 5.58. The summed E-state index contributed by atoms with van der Waals surface area (Å²) in [5.41, 5.74) is 1.45. The Kier molecular flexibility index (Phi) is 6.43. The molecule has 0 spiro atoms. The minimum absolute atomic E-state index is 1.08. The van der Waals surface area contributed by atoms with Gasteiger partial charge in [-0.05, 0) is 43.4 Å². The Balaban J connectivity index is 1.60. The van der Waals surface area contributed by atoms with Crippen LogP contribution in [0.15, 0.2) is 46.9 Å². The van der Waals surface area contributed by atoms with Crippen LogP contribution in [-0.4, -0.2) is 0 Å². The van der Waals surface area contributed by atoms with E-state index in [2.05, 4.69) is 49.4 Å². The molecule has 0 saturated heterocycles. The van der Waals surface area contributed by atoms with Crippen LogP contribution in [0.4, 0.5) is 0 Å². The van der Waals surface area contributed by atoms with Crippen molar-refractivity contribution in [2.45, 2.75) is 58.3 Å². The van der Waals surface area contributed by atoms with Crippen LogP contribution >= 0.6 is 0 Å². The zero-order chi connectivity index (χ0) is 14.0. The molecule has 1 heterocycles. The van der Waals surface area contributed by atoms with Crippen LogP contribution in [-0.2, 0) is 19.3 Å². The molecule has 0 fully saturated rings. The first kappa shape index (κ1) is 14.9. The van der Waals surface area contributed by atoms with E-state index in [1.807, 2.05) is 0 Å². The summed E-state index contributed by atoms with van der Waals surface area (Å²) in [6.45, 7) is 2.22. The molecule has 1 aromatic carbocycles. The zero-order valence-electron chi connectivity index (χ0n) is 12.6. The number of hydrogen-bond acceptors (Lipinski definition) is 1. The van der Waals surface area contributed by atoms with Gasteiger partial charge in [0.2, 0.25) is 0 Å². The molecule has 0 amide bonds. The highest BCUT2D eigenvalue weighted by Crippen LogP contribution is 2.14. The molecule has 0 aliphatic rings. The maximum absolute atomic E-state index is 5.85. The van der Waals surface area contributed by atoms with Crippen molar-refractivity contribution >= 4 is 0 Å². The lowest BCUT2D eigenvalue weighted by atomic mass is 10.1. The first-order chi connectivity index (χ1) is 9.88. The summed E-state index contributed by atoms with van der Waals surface area (Å²) in [4.78, 5) is 0. The van der Waals surface area contributed by atoms with E-state index in [0.717, 1.165) is 24.4 Å². The summed E-state index contributed by atoms with van der Waals surface area (Å²) in [7, 11) is 0. The topological polar surface area (TPSA) is 13.1 Å². The van der Waals surface area contributed by atoms with Crippen molar-refractivity contribution in [1.82, 2.24) is 0 Å². The third-order valence-electron chi connectivity index (χ3n) is 3.73. The first-order valence-corrected chi connectivity index (χ1v) is 8.00. The van der Waals surface area contributed by atoms with E-state index in [9.17, 15) is 0 Å². The summed E-state index contributed by atoms with van der Waals surface area (Å²) in [6.07, 6.45) is 9.60. The molecule has 0 bridgehead atoms. The van der Waals surface area contributed by atoms with Gasteiger partial charge in [-0.2, -0.15) is 0 Å². The SMILES string of the molecule is CCCCc1ccc(CCCCCc2ccccc2)o1. The number of rotatable bonds is 9. The highest BCUT2D eigenvalue weighted by molar-refractivity contribution is 5.14. The largest absolute Gasteiger partial charge is 0.466 e. The molecule has 20 heavy (non-hydrogen) atoms. The van der Waals surface area contributed by atoms with Crippen LogP contribution in [0.3, 0.4) is 0 Å². The van der Waals surface area contributed by atoms with Gasteiger partial charge in [0, 0.05) is 12.8 Å². The summed E-state index contributed by atoms with van der Waals surface area (Å²) in [5.74, 6) is 2.32. The Morgan fingerprint density at radius 2 is 1.35 bits per heavy atom. The van der Waals surface area contributed by atoms with Gasteiger partial charge in [-0.25, -0.2) is 0 Å². The second-order valence-electron chi connectivity index (χ2n) is 5.52. The highest BCUT2D eigenvalue weighted by atomic mass is 16.3. The fraction of sp³-hybridized carbons (Fsp3) is 0.474. The van der Waals surface area contributed by atoms with E-state index in [0.29, 0.717) is 0 Å². The lowest BCUT2D eigenvalue weighted by Crippen LogP contribution is -1.87. The summed E-state index contributed by atoms with van der Waals surface area (Å²) < 4.78 is 5.85. The standard InChI is InChI=1S/C19H26O/c1-2-3-13-18-15-16-19(20-18)14-9-5-8-12-17-10-6-4-7-11-17/h4,6-7,10-11,15-16H,2-3,5,8-9,12-14H2,1H3. The van der Waals surface area contributed by atoms with E-state index >= 15 is 0 Å². The first-order valence-electron chi connectivity index (χ1n) is 8.00. The van der Waals surface area contributed by atoms with Gasteiger partial charge in [0.25, 0.3) is 0 Å². The van der Waals surface area contributed by atoms with Gasteiger partial charge < -0.3 is 4.42 Å². The number of aryl methyl sites for hydroxylation is 3. The van der Waals surface area contributed by atoms with E-state index in [1.54, 1.807) is 0 Å². The Morgan fingerprint density at radius 3 is 2.05 bits per heavy atom. The van der Waals surface area contributed by atoms with Crippen molar-refractivity contribution in [3.8, 4) is 0 Å². The van der Waals surface area contributed by atoms with E-state index in [1.165, 1.54) is 44.1 Å². The predicted molar refractivity (Wildman–Crippen MR) is 85.0 cm³/mol. The monoisotopic (exact) mass is 270 g/mol. The number of benzene rings is 1. The number of hydrogen-bond donors (Lipinski definition) is 0. The molecule has 0 aliphatic carbocycles. The summed E-state index contributed by atoms with van der Waals surface area (Å²) in [5, 5.41) is 0. The third-order valence-corrected chi connectivity index (χ3v) is 3.73. The van der Waals surface area contributed by atoms with Crippen LogP contribution in [0.25, 0.3) is 0 Å². The molecule has 0 aliphatic heterocycles. The lowest BCUT2D eigenvalue weighted by molar-refractivity contribution is 0.450. The van der Waals surface area contributed by atoms with Gasteiger partial charge in [0.1, 0.15) is 11.5 Å². The van der Waals surface area contributed by atoms with Gasteiger partial charge >= 0.3 is 0 Å². The Hall–Kier alpha value is -1.50. The van der Waals surface area contributed by atoms with E-state index in [-0.39, 0.29) is 0 Å². The Bertz CT molecular complexity index is 470. The average molecular weight is 270 g/mol. The molecule has 2 aromatic rings. The van der Waals surface area contributed by atoms with Crippen LogP contribution in [0.2, 0.25) is 0 Å². The van der Waals surface area contributed by atoms with Crippen LogP contribution in [0, 0.1) is 0 Å². The fourth-order valence-electron chi connectivity index (χ4n) is 2.49. The second-order valence-corrected chi connectivity index (χ2v) is 5.52. The molecule has 0 atom stereocenters. The maximum Gasteiger partial charge on any atom is 0.104 e. The number of unbranched alkanes of at least 4 members (excludes halogenated alkanes) is 3. The fourth-order valence-corrected chi connectivity index (χ4v) is 2.49. The quantitative estimate of drug-likeness (QED) is 0.542. The molecule has 0 N–H and O–H groups in total. The van der Waals surface area contributed by atoms with Crippen molar-refractivity contribution in [1.29, 1.82) is 0 Å². The molecular weight excluding hydrogens is 244 g/mol. The normalized spacial score (nSPS) is 10.8. The van der Waals surface area contributed by atoms with Gasteiger partial charge in [-0.1, -0.05) is 50.1 Å². The highest BCUT2D eigenvalue weighted by Gasteiger charge is 2.01. The van der Waals surface area contributed by atoms with Crippen molar-refractivity contribution < 1.29 is 4.42 Å². The third kappa shape index (κ3) is 5.24. The van der Waals surface area contributed by atoms with E-state index < -0.39 is 0 Å². The van der Waals surface area contributed by atoms with Gasteiger partial charge in [0.05, 0.1) is 0 Å². The molecular formula is C19H26O. The molecule has 0 saturated carbocycles. The molecule has 1 aromatic heterocycles. The van der Waals surface area contributed by atoms with Gasteiger partial charge in [0.15, 0.2) is 0 Å². The molecule has 108 valence electrons. The van der Waals surface area contributed by atoms with Crippen molar-refractivity contribution in [3.05, 3.63) is 59.5 Å². The van der Waals surface area contributed by atoms with Crippen molar-refractivity contribution in [2.75, 3.05) is 0 Å². The van der Waals surface area contributed by atoms with Crippen LogP contribution in [0.1, 0.15) is 56.1 Å². The zero-order valence-corrected chi connectivity index (χ0v) is 12.6. The molecule has 0 unspecified atom stereocenters. The maximum atomic E-state index is 5.85.